The van der Waals surface area contributed by atoms with Crippen molar-refractivity contribution in [3.8, 4) is 0 Å². The highest BCUT2D eigenvalue weighted by molar-refractivity contribution is 14.1. The van der Waals surface area contributed by atoms with E-state index in [1.54, 1.807) is 0 Å². The lowest BCUT2D eigenvalue weighted by molar-refractivity contribution is 0.226. The molecule has 0 heterocycles. The normalized spacial score (nSPS) is 14.5. The minimum atomic E-state index is -0.313. The number of halogens is 2. The second-order valence-electron chi connectivity index (χ2n) is 0.962. The number of aliphatic hydroxyl groups is 1. The zero-order valence-electron chi connectivity index (χ0n) is 3.19. The molecule has 0 aromatic carbocycles. The molecule has 0 bridgehead atoms. The van der Waals surface area contributed by atoms with Gasteiger partial charge in [-0.25, -0.2) is 0 Å². The van der Waals surface area contributed by atoms with E-state index in [2.05, 4.69) is 22.6 Å². The van der Waals surface area contributed by atoms with Crippen molar-refractivity contribution in [2.75, 3.05) is 10.3 Å². The van der Waals surface area contributed by atoms with Gasteiger partial charge in [-0.05, 0) is 0 Å². The maximum atomic E-state index is 8.53. The van der Waals surface area contributed by atoms with Crippen molar-refractivity contribution in [2.45, 2.75) is 6.10 Å². The van der Waals surface area contributed by atoms with E-state index >= 15 is 0 Å². The van der Waals surface area contributed by atoms with Crippen molar-refractivity contribution in [3.63, 3.8) is 0 Å². The monoisotopic (exact) mass is 220 g/mol. The largest absolute Gasteiger partial charge is 0.391 e. The minimum absolute atomic E-state index is 0.313. The van der Waals surface area contributed by atoms with E-state index in [-0.39, 0.29) is 6.10 Å². The zero-order chi connectivity index (χ0) is 4.99. The first-order valence-electron chi connectivity index (χ1n) is 1.61. The van der Waals surface area contributed by atoms with E-state index in [0.717, 1.165) is 4.43 Å². The van der Waals surface area contributed by atoms with Gasteiger partial charge in [0.25, 0.3) is 0 Å². The molecule has 0 amide bonds. The van der Waals surface area contributed by atoms with Crippen LogP contribution in [-0.4, -0.2) is 21.5 Å². The summed E-state index contributed by atoms with van der Waals surface area (Å²) in [6, 6.07) is 0. The average Bonchev–Trinajstić information content (AvgIpc) is 1.65. The SMILES string of the molecule is O[C@@H](CCl)CI. The van der Waals surface area contributed by atoms with E-state index in [9.17, 15) is 0 Å². The van der Waals surface area contributed by atoms with Crippen LogP contribution in [0.2, 0.25) is 0 Å². The summed E-state index contributed by atoms with van der Waals surface area (Å²) in [5, 5.41) is 8.53. The van der Waals surface area contributed by atoms with Crippen molar-refractivity contribution in [3.05, 3.63) is 0 Å². The summed E-state index contributed by atoms with van der Waals surface area (Å²) in [5.41, 5.74) is 0. The second-order valence-corrected chi connectivity index (χ2v) is 2.15. The highest BCUT2D eigenvalue weighted by atomic mass is 127. The van der Waals surface area contributed by atoms with Crippen LogP contribution in [-0.2, 0) is 0 Å². The van der Waals surface area contributed by atoms with Gasteiger partial charge in [0.15, 0.2) is 0 Å². The van der Waals surface area contributed by atoms with Crippen LogP contribution in [0, 0.1) is 0 Å². The summed E-state index contributed by atoms with van der Waals surface area (Å²) in [5.74, 6) is 0.350. The molecule has 0 saturated heterocycles. The Morgan fingerprint density at radius 3 is 2.33 bits per heavy atom. The third kappa shape index (κ3) is 3.18. The standard InChI is InChI=1S/C3H6ClIO/c4-1-3(6)2-5/h3,6H,1-2H2/t3-/m0/s1. The van der Waals surface area contributed by atoms with Gasteiger partial charge in [0, 0.05) is 10.3 Å². The molecule has 0 aliphatic carbocycles. The molecular formula is C3H6ClIO. The lowest BCUT2D eigenvalue weighted by Crippen LogP contribution is -2.08. The smallest absolute Gasteiger partial charge is 0.0764 e. The van der Waals surface area contributed by atoms with Gasteiger partial charge in [-0.1, -0.05) is 22.6 Å². The molecular weight excluding hydrogens is 214 g/mol. The van der Waals surface area contributed by atoms with E-state index in [0.29, 0.717) is 5.88 Å². The van der Waals surface area contributed by atoms with Crippen molar-refractivity contribution in [1.29, 1.82) is 0 Å². The summed E-state index contributed by atoms with van der Waals surface area (Å²) < 4.78 is 0.723. The molecule has 6 heavy (non-hydrogen) atoms. The second kappa shape index (κ2) is 4.15. The summed E-state index contributed by atoms with van der Waals surface area (Å²) in [4.78, 5) is 0. The van der Waals surface area contributed by atoms with Crippen LogP contribution in [0.25, 0.3) is 0 Å². The summed E-state index contributed by atoms with van der Waals surface area (Å²) in [7, 11) is 0. The highest BCUT2D eigenvalue weighted by Crippen LogP contribution is 1.91. The van der Waals surface area contributed by atoms with Crippen LogP contribution >= 0.6 is 34.2 Å². The molecule has 0 aromatic rings. The third-order valence-electron chi connectivity index (χ3n) is 0.356. The van der Waals surface area contributed by atoms with Crippen LogP contribution in [0.4, 0.5) is 0 Å². The number of rotatable bonds is 2. The van der Waals surface area contributed by atoms with E-state index < -0.39 is 0 Å². The topological polar surface area (TPSA) is 20.2 Å². The lowest BCUT2D eigenvalue weighted by Gasteiger charge is -1.95. The molecule has 0 unspecified atom stereocenters. The molecule has 0 rings (SSSR count). The van der Waals surface area contributed by atoms with Gasteiger partial charge in [0.05, 0.1) is 6.10 Å². The predicted octanol–water partition coefficient (Wildman–Crippen LogP) is 1.02. The maximum Gasteiger partial charge on any atom is 0.0764 e. The Kier molecular flexibility index (Phi) is 4.82. The van der Waals surface area contributed by atoms with Gasteiger partial charge in [-0.2, -0.15) is 0 Å². The number of aliphatic hydroxyl groups excluding tert-OH is 1. The van der Waals surface area contributed by atoms with Crippen molar-refractivity contribution in [2.24, 2.45) is 0 Å². The van der Waals surface area contributed by atoms with Gasteiger partial charge in [-0.15, -0.1) is 11.6 Å². The van der Waals surface area contributed by atoms with E-state index in [1.165, 1.54) is 0 Å². The predicted molar refractivity (Wildman–Crippen MR) is 35.6 cm³/mol. The summed E-state index contributed by atoms with van der Waals surface area (Å²) in [6.45, 7) is 0. The van der Waals surface area contributed by atoms with E-state index in [4.69, 9.17) is 16.7 Å². The van der Waals surface area contributed by atoms with Crippen LogP contribution < -0.4 is 0 Å². The Bertz CT molecular complexity index is 30.0. The third-order valence-corrected chi connectivity index (χ3v) is 1.73. The number of hydrogen-bond acceptors (Lipinski definition) is 1. The van der Waals surface area contributed by atoms with Crippen LogP contribution in [0.5, 0.6) is 0 Å². The Morgan fingerprint density at radius 2 is 2.33 bits per heavy atom. The van der Waals surface area contributed by atoms with Crippen LogP contribution in [0.3, 0.4) is 0 Å². The van der Waals surface area contributed by atoms with Crippen LogP contribution in [0.1, 0.15) is 0 Å². The van der Waals surface area contributed by atoms with Gasteiger partial charge in [0.1, 0.15) is 0 Å². The van der Waals surface area contributed by atoms with Gasteiger partial charge in [0.2, 0.25) is 0 Å². The zero-order valence-corrected chi connectivity index (χ0v) is 6.11. The Morgan fingerprint density at radius 1 is 1.83 bits per heavy atom. The highest BCUT2D eigenvalue weighted by Gasteiger charge is 1.93. The number of alkyl halides is 2. The Labute approximate surface area is 55.8 Å². The molecule has 1 atom stereocenters. The van der Waals surface area contributed by atoms with Crippen molar-refractivity contribution >= 4 is 34.2 Å². The fourth-order valence-corrected chi connectivity index (χ4v) is 0.830. The summed E-state index contributed by atoms with van der Waals surface area (Å²) in [6.07, 6.45) is -0.313. The van der Waals surface area contributed by atoms with Gasteiger partial charge < -0.3 is 5.11 Å². The molecule has 38 valence electrons. The maximum absolute atomic E-state index is 8.53. The lowest BCUT2D eigenvalue weighted by atomic mass is 10.5. The molecule has 0 aromatic heterocycles. The number of hydrogen-bond donors (Lipinski definition) is 1. The molecule has 0 aliphatic heterocycles. The van der Waals surface area contributed by atoms with Crippen molar-refractivity contribution in [1.82, 2.24) is 0 Å². The fourth-order valence-electron chi connectivity index (χ4n) is 0.0412. The minimum Gasteiger partial charge on any atom is -0.391 e. The first-order valence-corrected chi connectivity index (χ1v) is 3.67. The molecule has 0 saturated carbocycles. The quantitative estimate of drug-likeness (QED) is 0.544. The van der Waals surface area contributed by atoms with Crippen LogP contribution in [0.15, 0.2) is 0 Å². The van der Waals surface area contributed by atoms with Gasteiger partial charge >= 0.3 is 0 Å². The summed E-state index contributed by atoms with van der Waals surface area (Å²) >= 11 is 7.28. The molecule has 0 aliphatic rings. The first-order chi connectivity index (χ1) is 2.81. The Balaban J connectivity index is 2.75. The van der Waals surface area contributed by atoms with E-state index in [1.807, 2.05) is 0 Å². The van der Waals surface area contributed by atoms with Crippen molar-refractivity contribution < 1.29 is 5.11 Å². The molecule has 0 spiro atoms. The van der Waals surface area contributed by atoms with Gasteiger partial charge in [-0.3, -0.25) is 0 Å². The Hall–Kier alpha value is 0.980. The molecule has 3 heteroatoms. The molecule has 0 radical (unpaired) electrons. The fraction of sp³-hybridized carbons (Fsp3) is 1.00. The first kappa shape index (κ1) is 6.98. The molecule has 1 nitrogen and oxygen atoms in total. The average molecular weight is 220 g/mol. The molecule has 0 fully saturated rings. The molecule has 1 N–H and O–H groups in total.